The molecule has 0 spiro atoms. The number of carbonyl (C=O) groups excluding carboxylic acids is 1. The van der Waals surface area contributed by atoms with Crippen molar-refractivity contribution >= 4 is 12.1 Å². The molecule has 6 nitrogen and oxygen atoms in total. The van der Waals surface area contributed by atoms with Gasteiger partial charge in [0.2, 0.25) is 0 Å². The highest BCUT2D eigenvalue weighted by Gasteiger charge is 2.06. The van der Waals surface area contributed by atoms with Crippen LogP contribution in [0.4, 0.5) is 0 Å². The summed E-state index contributed by atoms with van der Waals surface area (Å²) in [6.07, 6.45) is 1.58. The molecule has 30 heavy (non-hydrogen) atoms. The fourth-order valence-electron chi connectivity index (χ4n) is 2.69. The predicted molar refractivity (Wildman–Crippen MR) is 116 cm³/mol. The van der Waals surface area contributed by atoms with Crippen molar-refractivity contribution in [2.45, 2.75) is 13.5 Å². The zero-order chi connectivity index (χ0) is 21.2. The van der Waals surface area contributed by atoms with Gasteiger partial charge in [-0.05, 0) is 78.7 Å². The Balaban J connectivity index is 1.54. The minimum absolute atomic E-state index is 0.289. The highest BCUT2D eigenvalue weighted by atomic mass is 16.5. The first-order valence-electron chi connectivity index (χ1n) is 9.60. The van der Waals surface area contributed by atoms with Crippen molar-refractivity contribution in [3.05, 3.63) is 89.5 Å². The van der Waals surface area contributed by atoms with E-state index in [1.165, 1.54) is 0 Å². The number of amides is 1. The number of carbonyl (C=O) groups is 1. The van der Waals surface area contributed by atoms with Gasteiger partial charge in [0.15, 0.2) is 0 Å². The van der Waals surface area contributed by atoms with Gasteiger partial charge in [-0.1, -0.05) is 12.1 Å². The Morgan fingerprint density at radius 2 is 1.60 bits per heavy atom. The van der Waals surface area contributed by atoms with Crippen LogP contribution < -0.4 is 19.6 Å². The highest BCUT2D eigenvalue weighted by Crippen LogP contribution is 2.19. The molecule has 0 heterocycles. The van der Waals surface area contributed by atoms with E-state index in [0.717, 1.165) is 28.4 Å². The Morgan fingerprint density at radius 1 is 0.933 bits per heavy atom. The molecule has 154 valence electrons. The van der Waals surface area contributed by atoms with E-state index in [1.54, 1.807) is 25.5 Å². The summed E-state index contributed by atoms with van der Waals surface area (Å²) in [7, 11) is 1.61. The van der Waals surface area contributed by atoms with Crippen LogP contribution in [0.5, 0.6) is 17.2 Å². The molecule has 0 radical (unpaired) electrons. The number of methoxy groups -OCH3 is 1. The van der Waals surface area contributed by atoms with Gasteiger partial charge in [-0.2, -0.15) is 5.10 Å². The minimum atomic E-state index is -0.289. The second-order valence-corrected chi connectivity index (χ2v) is 6.37. The lowest BCUT2D eigenvalue weighted by molar-refractivity contribution is 0.0955. The van der Waals surface area contributed by atoms with Crippen molar-refractivity contribution < 1.29 is 19.0 Å². The normalized spacial score (nSPS) is 10.6. The molecule has 0 fully saturated rings. The number of nitrogens with one attached hydrogen (secondary N) is 1. The molecule has 0 aliphatic heterocycles. The lowest BCUT2D eigenvalue weighted by Gasteiger charge is -2.09. The van der Waals surface area contributed by atoms with Crippen LogP contribution >= 0.6 is 0 Å². The van der Waals surface area contributed by atoms with E-state index >= 15 is 0 Å². The molecule has 0 bridgehead atoms. The van der Waals surface area contributed by atoms with Crippen molar-refractivity contribution in [3.63, 3.8) is 0 Å². The SMILES string of the molecule is CCOc1ccc(OCc2cccc(C(=O)NN=Cc3ccc(OC)cc3)c2)cc1. The van der Waals surface area contributed by atoms with Crippen molar-refractivity contribution in [2.24, 2.45) is 5.10 Å². The lowest BCUT2D eigenvalue weighted by atomic mass is 10.1. The molecule has 1 N–H and O–H groups in total. The number of rotatable bonds is 9. The summed E-state index contributed by atoms with van der Waals surface area (Å²) in [6, 6.07) is 22.1. The first kappa shape index (κ1) is 20.9. The van der Waals surface area contributed by atoms with E-state index < -0.39 is 0 Å². The summed E-state index contributed by atoms with van der Waals surface area (Å²) in [5.74, 6) is 2.01. The summed E-state index contributed by atoms with van der Waals surface area (Å²) in [5.41, 5.74) is 4.79. The summed E-state index contributed by atoms with van der Waals surface area (Å²) >= 11 is 0. The Labute approximate surface area is 176 Å². The fraction of sp³-hybridized carbons (Fsp3) is 0.167. The fourth-order valence-corrected chi connectivity index (χ4v) is 2.69. The number of hydrazone groups is 1. The van der Waals surface area contributed by atoms with Gasteiger partial charge in [-0.3, -0.25) is 4.79 Å². The van der Waals surface area contributed by atoms with E-state index in [4.69, 9.17) is 14.2 Å². The monoisotopic (exact) mass is 404 g/mol. The smallest absolute Gasteiger partial charge is 0.271 e. The number of hydrogen-bond donors (Lipinski definition) is 1. The second-order valence-electron chi connectivity index (χ2n) is 6.37. The van der Waals surface area contributed by atoms with Crippen molar-refractivity contribution in [1.82, 2.24) is 5.43 Å². The average molecular weight is 404 g/mol. The molecular weight excluding hydrogens is 380 g/mol. The van der Waals surface area contributed by atoms with Crippen LogP contribution in [0.2, 0.25) is 0 Å². The molecule has 3 rings (SSSR count). The van der Waals surface area contributed by atoms with Crippen LogP contribution in [0.15, 0.2) is 77.9 Å². The van der Waals surface area contributed by atoms with E-state index in [9.17, 15) is 4.79 Å². The molecule has 0 atom stereocenters. The van der Waals surface area contributed by atoms with Crippen LogP contribution in [0.3, 0.4) is 0 Å². The largest absolute Gasteiger partial charge is 0.497 e. The van der Waals surface area contributed by atoms with Gasteiger partial charge in [0.1, 0.15) is 23.9 Å². The molecule has 6 heteroatoms. The van der Waals surface area contributed by atoms with E-state index in [2.05, 4.69) is 10.5 Å². The first-order chi connectivity index (χ1) is 14.7. The highest BCUT2D eigenvalue weighted by molar-refractivity contribution is 5.95. The minimum Gasteiger partial charge on any atom is -0.497 e. The van der Waals surface area contributed by atoms with Gasteiger partial charge in [-0.25, -0.2) is 5.43 Å². The van der Waals surface area contributed by atoms with Crippen LogP contribution in [-0.2, 0) is 6.61 Å². The van der Waals surface area contributed by atoms with Gasteiger partial charge >= 0.3 is 0 Å². The van der Waals surface area contributed by atoms with Gasteiger partial charge in [0.05, 0.1) is 19.9 Å². The summed E-state index contributed by atoms with van der Waals surface area (Å²) < 4.78 is 16.3. The molecule has 0 saturated heterocycles. The number of ether oxygens (including phenoxy) is 3. The molecule has 0 aromatic heterocycles. The third kappa shape index (κ3) is 6.10. The standard InChI is InChI=1S/C24H24N2O4/c1-3-29-22-11-13-23(14-12-22)30-17-19-5-4-6-20(15-19)24(27)26-25-16-18-7-9-21(28-2)10-8-18/h4-16H,3,17H2,1-2H3,(H,26,27). The second kappa shape index (κ2) is 10.7. The van der Waals surface area contributed by atoms with E-state index in [1.807, 2.05) is 67.6 Å². The molecule has 0 unspecified atom stereocenters. The topological polar surface area (TPSA) is 69.2 Å². The average Bonchev–Trinajstić information content (AvgIpc) is 2.79. The first-order valence-corrected chi connectivity index (χ1v) is 9.60. The van der Waals surface area contributed by atoms with Crippen LogP contribution in [0.25, 0.3) is 0 Å². The molecule has 3 aromatic carbocycles. The van der Waals surface area contributed by atoms with Crippen molar-refractivity contribution in [2.75, 3.05) is 13.7 Å². The molecule has 3 aromatic rings. The lowest BCUT2D eigenvalue weighted by Crippen LogP contribution is -2.17. The maximum Gasteiger partial charge on any atom is 0.271 e. The van der Waals surface area contributed by atoms with E-state index in [-0.39, 0.29) is 5.91 Å². The molecule has 0 saturated carbocycles. The molecule has 0 aliphatic rings. The summed E-state index contributed by atoms with van der Waals surface area (Å²) in [6.45, 7) is 2.92. The van der Waals surface area contributed by atoms with Gasteiger partial charge in [0, 0.05) is 5.56 Å². The quantitative estimate of drug-likeness (QED) is 0.423. The number of hydrogen-bond acceptors (Lipinski definition) is 5. The molecular formula is C24H24N2O4. The van der Waals surface area contributed by atoms with Crippen LogP contribution in [-0.4, -0.2) is 25.8 Å². The Bertz CT molecular complexity index is 983. The van der Waals surface area contributed by atoms with Crippen LogP contribution in [0.1, 0.15) is 28.4 Å². The van der Waals surface area contributed by atoms with Crippen LogP contribution in [0, 0.1) is 0 Å². The number of nitrogens with zero attached hydrogens (tertiary/aromatic N) is 1. The van der Waals surface area contributed by atoms with Crippen molar-refractivity contribution in [1.29, 1.82) is 0 Å². The summed E-state index contributed by atoms with van der Waals surface area (Å²) in [5, 5.41) is 4.01. The Kier molecular flexibility index (Phi) is 7.44. The molecule has 0 aliphatic carbocycles. The zero-order valence-corrected chi connectivity index (χ0v) is 17.0. The predicted octanol–water partition coefficient (Wildman–Crippen LogP) is 4.44. The van der Waals surface area contributed by atoms with Gasteiger partial charge in [0.25, 0.3) is 5.91 Å². The Hall–Kier alpha value is -3.80. The van der Waals surface area contributed by atoms with E-state index in [0.29, 0.717) is 18.8 Å². The van der Waals surface area contributed by atoms with Gasteiger partial charge in [-0.15, -0.1) is 0 Å². The number of benzene rings is 3. The summed E-state index contributed by atoms with van der Waals surface area (Å²) in [4.78, 5) is 12.4. The third-order valence-electron chi connectivity index (χ3n) is 4.22. The Morgan fingerprint density at radius 3 is 2.27 bits per heavy atom. The maximum atomic E-state index is 12.4. The maximum absolute atomic E-state index is 12.4. The van der Waals surface area contributed by atoms with Gasteiger partial charge < -0.3 is 14.2 Å². The van der Waals surface area contributed by atoms with Crippen molar-refractivity contribution in [3.8, 4) is 17.2 Å². The third-order valence-corrected chi connectivity index (χ3v) is 4.22. The molecule has 1 amide bonds. The zero-order valence-electron chi connectivity index (χ0n) is 17.0.